The molecule has 0 N–H and O–H groups in total. The van der Waals surface area contributed by atoms with E-state index in [4.69, 9.17) is 19.2 Å². The molecule has 6 heteroatoms. The van der Waals surface area contributed by atoms with Crippen molar-refractivity contribution in [3.63, 3.8) is 0 Å². The first-order valence-electron chi connectivity index (χ1n) is 2.64. The SMILES string of the molecule is CCCC.O=P([O-])([O-])[O-].[Al+3]. The molecule has 0 bridgehead atoms. The monoisotopic (exact) mass is 180 g/mol. The van der Waals surface area contributed by atoms with Crippen LogP contribution in [-0.2, 0) is 4.57 Å². The molecule has 0 fully saturated rings. The maximum atomic E-state index is 8.55. The van der Waals surface area contributed by atoms with Crippen molar-refractivity contribution < 1.29 is 19.2 Å². The Labute approximate surface area is 71.6 Å². The molecule has 0 heterocycles. The van der Waals surface area contributed by atoms with E-state index in [9.17, 15) is 0 Å². The summed E-state index contributed by atoms with van der Waals surface area (Å²) in [7, 11) is -5.39. The Kier molecular flexibility index (Phi) is 16.3. The summed E-state index contributed by atoms with van der Waals surface area (Å²) >= 11 is 0. The van der Waals surface area contributed by atoms with E-state index in [0.29, 0.717) is 0 Å². The molecule has 0 atom stereocenters. The summed E-state index contributed by atoms with van der Waals surface area (Å²) in [6.45, 7) is 4.36. The van der Waals surface area contributed by atoms with Crippen LogP contribution in [0.3, 0.4) is 0 Å². The molecule has 0 saturated carbocycles. The second kappa shape index (κ2) is 9.64. The molecule has 0 aliphatic heterocycles. The Morgan fingerprint density at radius 3 is 1.20 bits per heavy atom. The molecule has 4 nitrogen and oxygen atoms in total. The van der Waals surface area contributed by atoms with Gasteiger partial charge in [0.15, 0.2) is 0 Å². The first kappa shape index (κ1) is 16.9. The van der Waals surface area contributed by atoms with Crippen LogP contribution in [0, 0.1) is 0 Å². The zero-order valence-electron chi connectivity index (χ0n) is 6.07. The molecule has 0 aliphatic carbocycles. The minimum Gasteiger partial charge on any atom is -0.822 e. The van der Waals surface area contributed by atoms with Crippen LogP contribution in [0.25, 0.3) is 0 Å². The molecule has 0 aliphatic rings. The van der Waals surface area contributed by atoms with Crippen molar-refractivity contribution in [1.82, 2.24) is 0 Å². The van der Waals surface area contributed by atoms with Crippen LogP contribution in [-0.4, -0.2) is 17.4 Å². The van der Waals surface area contributed by atoms with E-state index in [-0.39, 0.29) is 17.4 Å². The van der Waals surface area contributed by atoms with Crippen LogP contribution in [0.4, 0.5) is 0 Å². The Bertz CT molecular complexity index is 81.0. The minimum absolute atomic E-state index is 0. The van der Waals surface area contributed by atoms with E-state index in [0.717, 1.165) is 0 Å². The zero-order valence-corrected chi connectivity index (χ0v) is 8.12. The van der Waals surface area contributed by atoms with E-state index in [2.05, 4.69) is 13.8 Å². The van der Waals surface area contributed by atoms with Crippen LogP contribution in [0.5, 0.6) is 0 Å². The van der Waals surface area contributed by atoms with Gasteiger partial charge in [-0.05, 0) is 0 Å². The Hall–Kier alpha value is 0.642. The Morgan fingerprint density at radius 2 is 1.20 bits per heavy atom. The second-order valence-corrected chi connectivity index (χ2v) is 2.34. The van der Waals surface area contributed by atoms with Gasteiger partial charge < -0.3 is 19.2 Å². The van der Waals surface area contributed by atoms with E-state index in [1.54, 1.807) is 0 Å². The van der Waals surface area contributed by atoms with Crippen LogP contribution in [0.2, 0.25) is 0 Å². The minimum atomic E-state index is -5.39. The molecule has 0 saturated heterocycles. The molecule has 0 aromatic rings. The van der Waals surface area contributed by atoms with Gasteiger partial charge in [0.2, 0.25) is 0 Å². The third-order valence-corrected chi connectivity index (χ3v) is 0.500. The number of unbranched alkanes of at least 4 members (excludes halogenated alkanes) is 1. The number of hydrogen-bond donors (Lipinski definition) is 0. The van der Waals surface area contributed by atoms with Gasteiger partial charge in [-0.1, -0.05) is 26.7 Å². The van der Waals surface area contributed by atoms with Crippen molar-refractivity contribution in [3.8, 4) is 0 Å². The quantitative estimate of drug-likeness (QED) is 0.367. The van der Waals surface area contributed by atoms with E-state index in [1.807, 2.05) is 0 Å². The number of rotatable bonds is 1. The summed E-state index contributed by atoms with van der Waals surface area (Å²) in [6.07, 6.45) is 2.64. The summed E-state index contributed by atoms with van der Waals surface area (Å²) < 4.78 is 8.55. The van der Waals surface area contributed by atoms with Crippen molar-refractivity contribution in [2.45, 2.75) is 26.7 Å². The average molecular weight is 180 g/mol. The molecule has 0 spiro atoms. The van der Waals surface area contributed by atoms with E-state index in [1.165, 1.54) is 12.8 Å². The molecule has 10 heavy (non-hydrogen) atoms. The zero-order chi connectivity index (χ0) is 7.91. The van der Waals surface area contributed by atoms with Gasteiger partial charge in [0, 0.05) is 0 Å². The predicted molar refractivity (Wildman–Crippen MR) is 33.9 cm³/mol. The Morgan fingerprint density at radius 1 is 1.10 bits per heavy atom. The molecular formula is C4H10AlO4P. The third-order valence-electron chi connectivity index (χ3n) is 0.500. The fourth-order valence-electron chi connectivity index (χ4n) is 0. The summed E-state index contributed by atoms with van der Waals surface area (Å²) in [5.74, 6) is 0. The molecular weight excluding hydrogens is 170 g/mol. The topological polar surface area (TPSA) is 86.2 Å². The number of phosphoric acid groups is 1. The third kappa shape index (κ3) is 187. The van der Waals surface area contributed by atoms with Crippen molar-refractivity contribution in [2.75, 3.05) is 0 Å². The van der Waals surface area contributed by atoms with Gasteiger partial charge in [-0.3, -0.25) is 0 Å². The van der Waals surface area contributed by atoms with Crippen LogP contribution >= 0.6 is 7.82 Å². The normalized spacial score (nSPS) is 8.90. The summed E-state index contributed by atoms with van der Waals surface area (Å²) in [6, 6.07) is 0. The summed E-state index contributed by atoms with van der Waals surface area (Å²) in [4.78, 5) is 25.6. The fourth-order valence-corrected chi connectivity index (χ4v) is 0. The van der Waals surface area contributed by atoms with Gasteiger partial charge in [-0.2, -0.15) is 7.82 Å². The number of hydrogen-bond acceptors (Lipinski definition) is 4. The van der Waals surface area contributed by atoms with Crippen LogP contribution in [0.15, 0.2) is 0 Å². The molecule has 0 radical (unpaired) electrons. The van der Waals surface area contributed by atoms with Gasteiger partial charge in [0.25, 0.3) is 0 Å². The van der Waals surface area contributed by atoms with Gasteiger partial charge in [0.05, 0.1) is 0 Å². The van der Waals surface area contributed by atoms with Gasteiger partial charge in [-0.15, -0.1) is 0 Å². The van der Waals surface area contributed by atoms with Crippen LogP contribution in [0.1, 0.15) is 26.7 Å². The molecule has 0 unspecified atom stereocenters. The first-order valence-corrected chi connectivity index (χ1v) is 4.11. The molecule has 0 aromatic carbocycles. The standard InChI is InChI=1S/C4H10.Al.H3O4P/c1-3-4-2;;1-5(2,3)4/h3-4H2,1-2H3;;(H3,1,2,3,4)/q;+3;/p-3. The van der Waals surface area contributed by atoms with E-state index >= 15 is 0 Å². The maximum Gasteiger partial charge on any atom is 3.00 e. The van der Waals surface area contributed by atoms with Crippen LogP contribution < -0.4 is 14.7 Å². The average Bonchev–Trinajstić information content (AvgIpc) is 1.61. The smallest absolute Gasteiger partial charge is 0.822 e. The molecule has 0 aromatic heterocycles. The molecule has 0 rings (SSSR count). The van der Waals surface area contributed by atoms with Crippen molar-refractivity contribution in [2.24, 2.45) is 0 Å². The van der Waals surface area contributed by atoms with Gasteiger partial charge >= 0.3 is 17.4 Å². The molecule has 0 amide bonds. The first-order chi connectivity index (χ1) is 3.91. The maximum absolute atomic E-state index is 8.55. The van der Waals surface area contributed by atoms with Gasteiger partial charge in [0.1, 0.15) is 0 Å². The summed E-state index contributed by atoms with van der Waals surface area (Å²) in [5, 5.41) is 0. The summed E-state index contributed by atoms with van der Waals surface area (Å²) in [5.41, 5.74) is 0. The molecule has 58 valence electrons. The Balaban J connectivity index is -0.0000000910. The van der Waals surface area contributed by atoms with E-state index < -0.39 is 7.82 Å². The second-order valence-electron chi connectivity index (χ2n) is 1.45. The van der Waals surface area contributed by atoms with Gasteiger partial charge in [-0.25, -0.2) is 0 Å². The predicted octanol–water partition coefficient (Wildman–Crippen LogP) is -1.40. The van der Waals surface area contributed by atoms with Crippen molar-refractivity contribution >= 4 is 25.2 Å². The van der Waals surface area contributed by atoms with Crippen molar-refractivity contribution in [3.05, 3.63) is 0 Å². The van der Waals surface area contributed by atoms with Crippen molar-refractivity contribution in [1.29, 1.82) is 0 Å². The largest absolute Gasteiger partial charge is 3.00 e. The fraction of sp³-hybridized carbons (Fsp3) is 1.00.